The number of rotatable bonds is 4. The van der Waals surface area contributed by atoms with E-state index in [2.05, 4.69) is 38.9 Å². The fourth-order valence-electron chi connectivity index (χ4n) is 0.983. The largest absolute Gasteiger partial charge is 0.332 e. The van der Waals surface area contributed by atoms with Crippen LogP contribution in [-0.2, 0) is 6.54 Å². The molecule has 0 saturated heterocycles. The second kappa shape index (κ2) is 4.45. The molecule has 0 spiro atoms. The Balaban J connectivity index is 2.04. The third-order valence-corrected chi connectivity index (χ3v) is 2.22. The van der Waals surface area contributed by atoms with Gasteiger partial charge in [0.15, 0.2) is 11.5 Å². The lowest BCUT2D eigenvalue weighted by atomic mass is 10.4. The number of hydrogen-bond donors (Lipinski definition) is 1. The topological polar surface area (TPSA) is 76.7 Å². The number of aromatic nitrogens is 4. The van der Waals surface area contributed by atoms with E-state index in [1.807, 2.05) is 0 Å². The van der Waals surface area contributed by atoms with Gasteiger partial charge in [0.25, 0.3) is 5.89 Å². The van der Waals surface area contributed by atoms with E-state index in [4.69, 9.17) is 4.52 Å². The summed E-state index contributed by atoms with van der Waals surface area (Å²) < 4.78 is 8.77. The van der Waals surface area contributed by atoms with Crippen LogP contribution < -0.4 is 5.32 Å². The lowest BCUT2D eigenvalue weighted by molar-refractivity contribution is 0.416. The molecule has 0 amide bonds. The van der Waals surface area contributed by atoms with Crippen LogP contribution >= 0.6 is 11.5 Å². The summed E-state index contributed by atoms with van der Waals surface area (Å²) in [6.45, 7) is 4.72. The normalized spacial score (nSPS) is 11.1. The van der Waals surface area contributed by atoms with E-state index >= 15 is 0 Å². The first kappa shape index (κ1) is 10.2. The molecule has 2 rings (SSSR count). The van der Waals surface area contributed by atoms with Crippen LogP contribution in [0, 0.1) is 0 Å². The minimum Gasteiger partial charge on any atom is -0.332 e. The molecule has 2 aromatic rings. The summed E-state index contributed by atoms with van der Waals surface area (Å²) in [7, 11) is 0. The molecule has 0 bridgehead atoms. The van der Waals surface area contributed by atoms with Crippen LogP contribution in [0.3, 0.4) is 0 Å². The SMILES string of the molecule is CC(C)NCc1noc(-c2csnn2)n1. The molecule has 2 aromatic heterocycles. The predicted octanol–water partition coefficient (Wildman–Crippen LogP) is 1.09. The van der Waals surface area contributed by atoms with Crippen molar-refractivity contribution >= 4 is 11.5 Å². The quantitative estimate of drug-likeness (QED) is 0.839. The van der Waals surface area contributed by atoms with Gasteiger partial charge in [-0.15, -0.1) is 5.10 Å². The Kier molecular flexibility index (Phi) is 3.02. The molecule has 0 unspecified atom stereocenters. The van der Waals surface area contributed by atoms with E-state index in [1.54, 1.807) is 5.38 Å². The van der Waals surface area contributed by atoms with Gasteiger partial charge in [0.2, 0.25) is 0 Å². The van der Waals surface area contributed by atoms with Crippen molar-refractivity contribution in [3.05, 3.63) is 11.2 Å². The van der Waals surface area contributed by atoms with Crippen molar-refractivity contribution in [2.24, 2.45) is 0 Å². The average molecular weight is 225 g/mol. The first-order chi connectivity index (χ1) is 7.25. The van der Waals surface area contributed by atoms with E-state index in [9.17, 15) is 0 Å². The Labute approximate surface area is 90.9 Å². The Morgan fingerprint density at radius 3 is 3.07 bits per heavy atom. The van der Waals surface area contributed by atoms with Gasteiger partial charge < -0.3 is 9.84 Å². The Morgan fingerprint density at radius 2 is 2.40 bits per heavy atom. The zero-order chi connectivity index (χ0) is 10.7. The molecule has 0 atom stereocenters. The van der Waals surface area contributed by atoms with Crippen molar-refractivity contribution in [2.45, 2.75) is 26.4 Å². The first-order valence-corrected chi connectivity index (χ1v) is 5.43. The van der Waals surface area contributed by atoms with Gasteiger partial charge >= 0.3 is 0 Å². The summed E-state index contributed by atoms with van der Waals surface area (Å²) in [4.78, 5) is 4.19. The van der Waals surface area contributed by atoms with Crippen molar-refractivity contribution in [1.82, 2.24) is 25.0 Å². The van der Waals surface area contributed by atoms with Crippen molar-refractivity contribution in [3.8, 4) is 11.6 Å². The Bertz CT molecular complexity index is 410. The first-order valence-electron chi connectivity index (χ1n) is 4.59. The molecular formula is C8H11N5OS. The van der Waals surface area contributed by atoms with Crippen LogP contribution in [0.5, 0.6) is 0 Å². The van der Waals surface area contributed by atoms with Gasteiger partial charge in [-0.05, 0) is 11.5 Å². The lowest BCUT2D eigenvalue weighted by Gasteiger charge is -2.02. The third kappa shape index (κ3) is 2.57. The third-order valence-electron chi connectivity index (χ3n) is 1.72. The van der Waals surface area contributed by atoms with E-state index in [0.717, 1.165) is 0 Å². The maximum absolute atomic E-state index is 5.04. The fourth-order valence-corrected chi connectivity index (χ4v) is 1.41. The van der Waals surface area contributed by atoms with E-state index < -0.39 is 0 Å². The summed E-state index contributed by atoms with van der Waals surface area (Å²) in [6.07, 6.45) is 0. The number of nitrogens with zero attached hydrogens (tertiary/aromatic N) is 4. The highest BCUT2D eigenvalue weighted by Gasteiger charge is 2.10. The molecule has 0 aliphatic heterocycles. The fraction of sp³-hybridized carbons (Fsp3) is 0.500. The highest BCUT2D eigenvalue weighted by atomic mass is 32.1. The number of hydrogen-bond acceptors (Lipinski definition) is 7. The summed E-state index contributed by atoms with van der Waals surface area (Å²) in [5.41, 5.74) is 0.628. The van der Waals surface area contributed by atoms with Gasteiger partial charge in [0.1, 0.15) is 0 Å². The summed E-state index contributed by atoms with van der Waals surface area (Å²) in [6, 6.07) is 0.396. The Hall–Kier alpha value is -1.34. The maximum Gasteiger partial charge on any atom is 0.279 e. The van der Waals surface area contributed by atoms with Crippen molar-refractivity contribution in [2.75, 3.05) is 0 Å². The number of nitrogens with one attached hydrogen (secondary N) is 1. The summed E-state index contributed by atoms with van der Waals surface area (Å²) in [5, 5.41) is 12.7. The smallest absolute Gasteiger partial charge is 0.279 e. The average Bonchev–Trinajstić information content (AvgIpc) is 2.85. The molecule has 0 fully saturated rings. The predicted molar refractivity (Wildman–Crippen MR) is 55.2 cm³/mol. The van der Waals surface area contributed by atoms with Gasteiger partial charge in [-0.1, -0.05) is 23.5 Å². The van der Waals surface area contributed by atoms with Crippen LogP contribution in [0.2, 0.25) is 0 Å². The molecule has 0 aliphatic carbocycles. The lowest BCUT2D eigenvalue weighted by Crippen LogP contribution is -2.22. The maximum atomic E-state index is 5.04. The minimum absolute atomic E-state index is 0.396. The van der Waals surface area contributed by atoms with Gasteiger partial charge in [-0.3, -0.25) is 0 Å². The van der Waals surface area contributed by atoms with Gasteiger partial charge in [-0.2, -0.15) is 4.98 Å². The zero-order valence-corrected chi connectivity index (χ0v) is 9.28. The molecule has 0 aromatic carbocycles. The molecule has 0 saturated carbocycles. The molecular weight excluding hydrogens is 214 g/mol. The molecule has 6 nitrogen and oxygen atoms in total. The molecule has 0 radical (unpaired) electrons. The van der Waals surface area contributed by atoms with Crippen LogP contribution in [0.25, 0.3) is 11.6 Å². The summed E-state index contributed by atoms with van der Waals surface area (Å²) in [5.74, 6) is 1.05. The van der Waals surface area contributed by atoms with E-state index in [0.29, 0.717) is 30.0 Å². The van der Waals surface area contributed by atoms with Crippen LogP contribution in [-0.4, -0.2) is 25.8 Å². The highest BCUT2D eigenvalue weighted by Crippen LogP contribution is 2.14. The highest BCUT2D eigenvalue weighted by molar-refractivity contribution is 7.03. The molecule has 7 heteroatoms. The molecule has 80 valence electrons. The van der Waals surface area contributed by atoms with Crippen LogP contribution in [0.4, 0.5) is 0 Å². The monoisotopic (exact) mass is 225 g/mol. The van der Waals surface area contributed by atoms with Gasteiger partial charge in [-0.25, -0.2) is 0 Å². The minimum atomic E-state index is 0.396. The van der Waals surface area contributed by atoms with Crippen LogP contribution in [0.1, 0.15) is 19.7 Å². The van der Waals surface area contributed by atoms with Gasteiger partial charge in [0, 0.05) is 11.4 Å². The van der Waals surface area contributed by atoms with Crippen molar-refractivity contribution < 1.29 is 4.52 Å². The van der Waals surface area contributed by atoms with Crippen molar-refractivity contribution in [3.63, 3.8) is 0 Å². The van der Waals surface area contributed by atoms with E-state index in [-0.39, 0.29) is 0 Å². The second-order valence-corrected chi connectivity index (χ2v) is 3.95. The molecule has 15 heavy (non-hydrogen) atoms. The summed E-state index contributed by atoms with van der Waals surface area (Å²) >= 11 is 1.26. The van der Waals surface area contributed by atoms with E-state index in [1.165, 1.54) is 11.5 Å². The molecule has 1 N–H and O–H groups in total. The Morgan fingerprint density at radius 1 is 1.53 bits per heavy atom. The zero-order valence-electron chi connectivity index (χ0n) is 8.47. The van der Waals surface area contributed by atoms with Crippen molar-refractivity contribution in [1.29, 1.82) is 0 Å². The second-order valence-electron chi connectivity index (χ2n) is 3.34. The van der Waals surface area contributed by atoms with Gasteiger partial charge in [0.05, 0.1) is 6.54 Å². The molecule has 0 aliphatic rings. The van der Waals surface area contributed by atoms with Crippen LogP contribution in [0.15, 0.2) is 9.90 Å². The molecule has 2 heterocycles. The standard InChI is InChI=1S/C8H11N5OS/c1-5(2)9-3-7-10-8(14-12-7)6-4-15-13-11-6/h4-5,9H,3H2,1-2H3.